The van der Waals surface area contributed by atoms with Crippen LogP contribution < -0.4 is 10.6 Å². The highest BCUT2D eigenvalue weighted by atomic mass is 16.5. The molecule has 2 aromatic heterocycles. The summed E-state index contributed by atoms with van der Waals surface area (Å²) in [6, 6.07) is 19.1. The predicted octanol–water partition coefficient (Wildman–Crippen LogP) is 7.62. The van der Waals surface area contributed by atoms with Gasteiger partial charge in [0.2, 0.25) is 11.9 Å². The van der Waals surface area contributed by atoms with Gasteiger partial charge >= 0.3 is 12.2 Å². The molecule has 2 saturated carbocycles. The molecule has 4 aliphatic rings. The van der Waals surface area contributed by atoms with E-state index in [2.05, 4.69) is 81.3 Å². The van der Waals surface area contributed by atoms with Crippen molar-refractivity contribution in [1.82, 2.24) is 35.5 Å². The van der Waals surface area contributed by atoms with Crippen molar-refractivity contribution in [1.29, 1.82) is 0 Å². The Kier molecular flexibility index (Phi) is 11.8. The summed E-state index contributed by atoms with van der Waals surface area (Å²) in [5, 5.41) is 7.66. The molecular weight excluding hydrogens is 817 g/mol. The van der Waals surface area contributed by atoms with E-state index in [0.29, 0.717) is 12.2 Å². The largest absolute Gasteiger partial charge is 0.453 e. The molecule has 2 aliphatic carbocycles. The van der Waals surface area contributed by atoms with Crippen LogP contribution in [0.1, 0.15) is 82.5 Å². The molecule has 4 heterocycles. The van der Waals surface area contributed by atoms with E-state index in [4.69, 9.17) is 28.9 Å². The standard InChI is InChI=1S/C48H56N8O8/c1-26(51-46(58)63-5)39(62-4)22-40-48(17-18-48)23-38(56(40)60)43-49-25-37(52-43)33-14-13-31-19-30(11-12-32(31)20-33)28-7-9-29(10-8-28)36-24-50-44(53-36)42-34-15-16-35(21-34)55(42)45(57)41(27(2)61-3)54-47(59)64-6/h7-14,19-20,24-27,34-35,38-42H,15-18,21-23H2,1-6H3,(H3-,49,50,51,52,53,54,58,59)/p+1. The lowest BCUT2D eigenvalue weighted by atomic mass is 9.90. The molecule has 0 radical (unpaired) electrons. The molecule has 2 aliphatic heterocycles. The van der Waals surface area contributed by atoms with Crippen LogP contribution in [0.25, 0.3) is 44.4 Å². The number of benzene rings is 3. The molecule has 16 nitrogen and oxygen atoms in total. The number of hydrogen-bond acceptors (Lipinski definition) is 10. The Bertz CT molecular complexity index is 2550. The van der Waals surface area contributed by atoms with Gasteiger partial charge in [-0.25, -0.2) is 19.6 Å². The minimum atomic E-state index is -0.891. The molecule has 16 heteroatoms. The smallest absolute Gasteiger partial charge is 0.407 e. The van der Waals surface area contributed by atoms with Gasteiger partial charge in [-0.1, -0.05) is 48.5 Å². The van der Waals surface area contributed by atoms with E-state index >= 15 is 0 Å². The van der Waals surface area contributed by atoms with Crippen LogP contribution in [0.5, 0.6) is 0 Å². The zero-order chi connectivity index (χ0) is 44.9. The molecule has 9 atom stereocenters. The number of likely N-dealkylation sites (tertiary alicyclic amines) is 1. The Morgan fingerprint density at radius 2 is 1.41 bits per heavy atom. The van der Waals surface area contributed by atoms with Crippen LogP contribution in [0.2, 0.25) is 0 Å². The van der Waals surface area contributed by atoms with Gasteiger partial charge in [0.25, 0.3) is 6.04 Å². The number of alkyl carbamates (subject to hydrolysis) is 2. The second kappa shape index (κ2) is 17.4. The van der Waals surface area contributed by atoms with Crippen molar-refractivity contribution in [2.24, 2.45) is 11.3 Å². The summed E-state index contributed by atoms with van der Waals surface area (Å²) in [5.74, 6) is 1.47. The lowest BCUT2D eigenvalue weighted by molar-refractivity contribution is -0.611. The Hall–Kier alpha value is -6.13. The number of methoxy groups -OCH3 is 4. The molecule has 9 unspecified atom stereocenters. The first-order chi connectivity index (χ1) is 30.9. The third-order valence-corrected chi connectivity index (χ3v) is 14.5. The first-order valence-corrected chi connectivity index (χ1v) is 22.2. The summed E-state index contributed by atoms with van der Waals surface area (Å²) in [7, 11) is 5.73. The zero-order valence-electron chi connectivity index (χ0n) is 37.1. The van der Waals surface area contributed by atoms with Gasteiger partial charge in [-0.05, 0) is 91.5 Å². The van der Waals surface area contributed by atoms with E-state index in [1.54, 1.807) is 14.0 Å². The number of imidazole rings is 2. The van der Waals surface area contributed by atoms with Crippen LogP contribution in [0.15, 0.2) is 73.1 Å². The molecule has 3 aromatic carbocycles. The number of nitrogens with zero attached hydrogens (tertiary/aromatic N) is 4. The van der Waals surface area contributed by atoms with Gasteiger partial charge in [-0.2, -0.15) is 0 Å². The van der Waals surface area contributed by atoms with E-state index in [1.807, 2.05) is 24.2 Å². The van der Waals surface area contributed by atoms with E-state index < -0.39 is 30.4 Å². The molecule has 2 bridgehead atoms. The summed E-state index contributed by atoms with van der Waals surface area (Å²) >= 11 is 0. The Labute approximate surface area is 371 Å². The Balaban J connectivity index is 0.870. The topological polar surface area (TPSA) is 193 Å². The maximum atomic E-state index is 14.0. The number of fused-ring (bicyclic) bond motifs is 3. The number of amides is 3. The third-order valence-electron chi connectivity index (χ3n) is 14.5. The van der Waals surface area contributed by atoms with Crippen LogP contribution in [0.4, 0.5) is 9.59 Å². The van der Waals surface area contributed by atoms with Crippen molar-refractivity contribution in [3.05, 3.63) is 89.6 Å². The zero-order valence-corrected chi connectivity index (χ0v) is 37.1. The van der Waals surface area contributed by atoms with E-state index in [-0.39, 0.29) is 47.5 Å². The van der Waals surface area contributed by atoms with Crippen LogP contribution in [-0.2, 0) is 23.7 Å². The van der Waals surface area contributed by atoms with Gasteiger partial charge in [0.1, 0.15) is 11.9 Å². The maximum Gasteiger partial charge on any atom is 0.407 e. The molecule has 336 valence electrons. The van der Waals surface area contributed by atoms with E-state index in [0.717, 1.165) is 88.8 Å². The monoisotopic (exact) mass is 873 g/mol. The molecule has 3 amide bonds. The predicted molar refractivity (Wildman–Crippen MR) is 238 cm³/mol. The van der Waals surface area contributed by atoms with E-state index in [9.17, 15) is 19.3 Å². The highest BCUT2D eigenvalue weighted by Gasteiger charge is 2.67. The molecule has 1 spiro atoms. The molecule has 4 fully saturated rings. The number of aromatic amines is 2. The molecule has 64 heavy (non-hydrogen) atoms. The van der Waals surface area contributed by atoms with Crippen molar-refractivity contribution < 1.29 is 38.1 Å². The van der Waals surface area contributed by atoms with Crippen LogP contribution in [0, 0.1) is 16.2 Å². The number of nitroso groups, excluding NO2 is 1. The summed E-state index contributed by atoms with van der Waals surface area (Å²) < 4.78 is 22.0. The highest BCUT2D eigenvalue weighted by molar-refractivity contribution is 5.91. The van der Waals surface area contributed by atoms with Crippen molar-refractivity contribution >= 4 is 28.9 Å². The van der Waals surface area contributed by atoms with Gasteiger partial charge in [0.15, 0.2) is 5.82 Å². The van der Waals surface area contributed by atoms with Crippen molar-refractivity contribution in [2.75, 3.05) is 28.4 Å². The molecule has 2 saturated heterocycles. The number of ether oxygens (including phenoxy) is 4. The Morgan fingerprint density at radius 1 is 0.797 bits per heavy atom. The molecule has 5 aromatic rings. The number of carbonyl (C=O) groups excluding carboxylic acids is 3. The van der Waals surface area contributed by atoms with Crippen LogP contribution >= 0.6 is 0 Å². The second-order valence-corrected chi connectivity index (χ2v) is 18.1. The second-order valence-electron chi connectivity index (χ2n) is 18.1. The SMILES string of the molecule is COC(=O)NC(C)C(CC1[N+](=O)C(c2ncc(-c3ccc4cc(-c5ccc(-c6cnc(C7C8CCC(C8)N7C(=O)C(NC(=O)OC)C(C)OC)[nH]6)cc5)ccc4c3)[nH]2)CC12CC2)OC. The lowest BCUT2D eigenvalue weighted by Gasteiger charge is -2.37. The third kappa shape index (κ3) is 8.01. The van der Waals surface area contributed by atoms with Crippen molar-refractivity contribution in [3.63, 3.8) is 0 Å². The summed E-state index contributed by atoms with van der Waals surface area (Å²) in [6.45, 7) is 3.63. The number of rotatable bonds is 14. The fourth-order valence-corrected chi connectivity index (χ4v) is 10.7. The average Bonchev–Trinajstić information content (AvgIpc) is 3.89. The van der Waals surface area contributed by atoms with Gasteiger partial charge in [-0.15, -0.1) is 0 Å². The summed E-state index contributed by atoms with van der Waals surface area (Å²) in [6.07, 6.45) is 7.56. The first-order valence-electron chi connectivity index (χ1n) is 22.2. The minimum Gasteiger partial charge on any atom is -0.453 e. The number of piperidine rings is 1. The summed E-state index contributed by atoms with van der Waals surface area (Å²) in [4.78, 5) is 70.4. The molecule has 9 rings (SSSR count). The van der Waals surface area contributed by atoms with Gasteiger partial charge in [-0.3, -0.25) is 4.79 Å². The fraction of sp³-hybridized carbons (Fsp3) is 0.479. The summed E-state index contributed by atoms with van der Waals surface area (Å²) in [5.41, 5.74) is 5.76. The maximum absolute atomic E-state index is 14.0. The van der Waals surface area contributed by atoms with E-state index in [1.165, 1.54) is 26.1 Å². The Morgan fingerprint density at radius 3 is 2.08 bits per heavy atom. The minimum absolute atomic E-state index is 0.0703. The molecular formula is C48H57N8O8+. The lowest BCUT2D eigenvalue weighted by Crippen LogP contribution is -2.56. The first kappa shape index (κ1) is 43.1. The number of carbonyl (C=O) groups is 3. The quantitative estimate of drug-likeness (QED) is 0.0807. The van der Waals surface area contributed by atoms with Crippen LogP contribution in [-0.4, -0.2) is 113 Å². The number of H-pyrrole nitrogens is 2. The van der Waals surface area contributed by atoms with Gasteiger partial charge < -0.3 is 44.4 Å². The molecule has 4 N–H and O–H groups in total. The average molecular weight is 874 g/mol. The normalized spacial score (nSPS) is 23.8. The number of nitrogens with one attached hydrogen (secondary N) is 4. The highest BCUT2D eigenvalue weighted by Crippen LogP contribution is 2.62. The van der Waals surface area contributed by atoms with Crippen LogP contribution in [0.3, 0.4) is 0 Å². The fourth-order valence-electron chi connectivity index (χ4n) is 10.7. The van der Waals surface area contributed by atoms with Crippen molar-refractivity contribution in [2.45, 2.75) is 107 Å². The number of hydrogen-bond donors (Lipinski definition) is 4. The number of aromatic nitrogens is 4. The van der Waals surface area contributed by atoms with Crippen molar-refractivity contribution in [3.8, 4) is 33.6 Å². The van der Waals surface area contributed by atoms with Gasteiger partial charge in [0.05, 0.1) is 62.3 Å². The van der Waals surface area contributed by atoms with Gasteiger partial charge in [0, 0.05) is 53.7 Å².